The van der Waals surface area contributed by atoms with Gasteiger partial charge in [0.25, 0.3) is 5.69 Å². The molecule has 0 fully saturated rings. The van der Waals surface area contributed by atoms with E-state index in [4.69, 9.17) is 12.2 Å². The maximum Gasteiger partial charge on any atom is 0.292 e. The highest BCUT2D eigenvalue weighted by Crippen LogP contribution is 2.27. The second-order valence-corrected chi connectivity index (χ2v) is 5.79. The number of hydrogen-bond donors (Lipinski definition) is 2. The molecule has 3 rings (SSSR count). The first-order valence-electron chi connectivity index (χ1n) is 7.35. The molecule has 0 heterocycles. The number of nitrogens with zero attached hydrogens (tertiary/aromatic N) is 1. The molecule has 2 N–H and O–H groups in total. The van der Waals surface area contributed by atoms with Crippen LogP contribution in [-0.2, 0) is 0 Å². The molecular formula is C18H15N3O2S. The lowest BCUT2D eigenvalue weighted by atomic mass is 10.1. The fraction of sp³-hybridized carbons (Fsp3) is 0.0556. The minimum atomic E-state index is -0.421. The van der Waals surface area contributed by atoms with Crippen molar-refractivity contribution < 1.29 is 4.92 Å². The Morgan fingerprint density at radius 1 is 1.00 bits per heavy atom. The van der Waals surface area contributed by atoms with Crippen LogP contribution in [0.3, 0.4) is 0 Å². The molecule has 5 nitrogen and oxygen atoms in total. The van der Waals surface area contributed by atoms with Gasteiger partial charge in [-0.05, 0) is 42.2 Å². The summed E-state index contributed by atoms with van der Waals surface area (Å²) in [5.41, 5.74) is 2.03. The van der Waals surface area contributed by atoms with Crippen LogP contribution < -0.4 is 10.6 Å². The first kappa shape index (κ1) is 15.9. The van der Waals surface area contributed by atoms with Gasteiger partial charge >= 0.3 is 0 Å². The molecule has 0 aromatic heterocycles. The molecule has 3 aromatic rings. The van der Waals surface area contributed by atoms with Crippen molar-refractivity contribution in [3.63, 3.8) is 0 Å². The summed E-state index contributed by atoms with van der Waals surface area (Å²) in [6.07, 6.45) is 0. The van der Waals surface area contributed by atoms with Crippen LogP contribution in [0.15, 0.2) is 60.7 Å². The van der Waals surface area contributed by atoms with E-state index in [0.717, 1.165) is 22.0 Å². The molecule has 0 saturated carbocycles. The first-order valence-corrected chi connectivity index (χ1v) is 7.76. The summed E-state index contributed by atoms with van der Waals surface area (Å²) >= 11 is 5.32. The molecule has 0 spiro atoms. The second kappa shape index (κ2) is 6.64. The Hall–Kier alpha value is -2.99. The third-order valence-electron chi connectivity index (χ3n) is 3.64. The Kier molecular flexibility index (Phi) is 4.39. The van der Waals surface area contributed by atoms with Crippen molar-refractivity contribution in [2.75, 3.05) is 10.6 Å². The van der Waals surface area contributed by atoms with Crippen LogP contribution in [0.25, 0.3) is 10.8 Å². The molecule has 0 bridgehead atoms. The number of fused-ring (bicyclic) bond motifs is 1. The molecule has 120 valence electrons. The van der Waals surface area contributed by atoms with E-state index >= 15 is 0 Å². The maximum absolute atomic E-state index is 11.2. The molecule has 0 unspecified atom stereocenters. The van der Waals surface area contributed by atoms with Crippen molar-refractivity contribution in [1.29, 1.82) is 0 Å². The minimum absolute atomic E-state index is 0.00271. The van der Waals surface area contributed by atoms with Gasteiger partial charge in [-0.25, -0.2) is 0 Å². The summed E-state index contributed by atoms with van der Waals surface area (Å²) in [6.45, 7) is 1.81. The largest absolute Gasteiger partial charge is 0.332 e. The van der Waals surface area contributed by atoms with Crippen molar-refractivity contribution in [1.82, 2.24) is 0 Å². The number of nitro benzene ring substituents is 1. The number of rotatable bonds is 3. The van der Waals surface area contributed by atoms with E-state index in [-0.39, 0.29) is 5.69 Å². The van der Waals surface area contributed by atoms with Crippen molar-refractivity contribution in [2.45, 2.75) is 6.92 Å². The van der Waals surface area contributed by atoms with Gasteiger partial charge in [-0.1, -0.05) is 42.5 Å². The van der Waals surface area contributed by atoms with Gasteiger partial charge in [0.2, 0.25) is 0 Å². The third-order valence-corrected chi connectivity index (χ3v) is 3.84. The Bertz CT molecular complexity index is 935. The van der Waals surface area contributed by atoms with Crippen molar-refractivity contribution in [3.8, 4) is 0 Å². The highest BCUT2D eigenvalue weighted by molar-refractivity contribution is 7.80. The Balaban J connectivity index is 1.85. The lowest BCUT2D eigenvalue weighted by molar-refractivity contribution is -0.383. The van der Waals surface area contributed by atoms with Crippen LogP contribution in [0, 0.1) is 17.0 Å². The van der Waals surface area contributed by atoms with Gasteiger partial charge in [-0.3, -0.25) is 10.1 Å². The number of thiocarbonyl (C=S) groups is 1. The van der Waals surface area contributed by atoms with E-state index in [9.17, 15) is 10.1 Å². The van der Waals surface area contributed by atoms with Gasteiger partial charge in [0.05, 0.1) is 4.92 Å². The fourth-order valence-corrected chi connectivity index (χ4v) is 2.73. The highest BCUT2D eigenvalue weighted by Gasteiger charge is 2.15. The summed E-state index contributed by atoms with van der Waals surface area (Å²) in [7, 11) is 0. The predicted molar refractivity (Wildman–Crippen MR) is 102 cm³/mol. The van der Waals surface area contributed by atoms with Gasteiger partial charge in [0.15, 0.2) is 5.11 Å². The summed E-state index contributed by atoms with van der Waals surface area (Å²) in [5, 5.41) is 19.6. The predicted octanol–water partition coefficient (Wildman–Crippen LogP) is 4.87. The van der Waals surface area contributed by atoms with E-state index in [1.54, 1.807) is 12.1 Å². The van der Waals surface area contributed by atoms with Crippen molar-refractivity contribution in [2.24, 2.45) is 0 Å². The van der Waals surface area contributed by atoms with E-state index in [1.807, 2.05) is 49.4 Å². The molecular weight excluding hydrogens is 322 g/mol. The maximum atomic E-state index is 11.2. The molecule has 0 saturated heterocycles. The molecule has 6 heteroatoms. The number of anilines is 2. The van der Waals surface area contributed by atoms with Crippen LogP contribution in [0.2, 0.25) is 0 Å². The lowest BCUT2D eigenvalue weighted by Crippen LogP contribution is -2.20. The van der Waals surface area contributed by atoms with E-state index in [0.29, 0.717) is 10.8 Å². The zero-order valence-electron chi connectivity index (χ0n) is 12.9. The second-order valence-electron chi connectivity index (χ2n) is 5.38. The number of nitro groups is 1. The van der Waals surface area contributed by atoms with Gasteiger partial charge in [0, 0.05) is 17.1 Å². The zero-order valence-corrected chi connectivity index (χ0v) is 13.8. The van der Waals surface area contributed by atoms with Crippen LogP contribution >= 0.6 is 12.2 Å². The zero-order chi connectivity index (χ0) is 17.1. The molecule has 0 aliphatic carbocycles. The molecule has 24 heavy (non-hydrogen) atoms. The van der Waals surface area contributed by atoms with Crippen molar-refractivity contribution >= 4 is 45.2 Å². The lowest BCUT2D eigenvalue weighted by Gasteiger charge is -2.13. The molecule has 0 aliphatic heterocycles. The fourth-order valence-electron chi connectivity index (χ4n) is 2.51. The smallest absolute Gasteiger partial charge is 0.292 e. The minimum Gasteiger partial charge on any atom is -0.332 e. The Labute approximate surface area is 144 Å². The number of nitrogens with one attached hydrogen (secondary N) is 2. The summed E-state index contributed by atoms with van der Waals surface area (Å²) in [5.74, 6) is 0. The standard InChI is InChI=1S/C18H15N3O2S/c1-12-9-10-16(17(11-12)21(22)23)20-18(24)19-15-8-4-6-13-5-2-3-7-14(13)15/h2-11H,1H3,(H2,19,20,24). The molecule has 0 aliphatic rings. The van der Waals surface area contributed by atoms with Crippen molar-refractivity contribution in [3.05, 3.63) is 76.3 Å². The molecule has 3 aromatic carbocycles. The summed E-state index contributed by atoms with van der Waals surface area (Å²) < 4.78 is 0. The van der Waals surface area contributed by atoms with E-state index < -0.39 is 4.92 Å². The summed E-state index contributed by atoms with van der Waals surface area (Å²) in [6, 6.07) is 18.8. The van der Waals surface area contributed by atoms with Gasteiger partial charge in [0.1, 0.15) is 5.69 Å². The SMILES string of the molecule is Cc1ccc(NC(=S)Nc2cccc3ccccc23)c([N+](=O)[O-])c1. The van der Waals surface area contributed by atoms with Crippen LogP contribution in [-0.4, -0.2) is 10.0 Å². The van der Waals surface area contributed by atoms with Gasteiger partial charge in [-0.2, -0.15) is 0 Å². The average molecular weight is 337 g/mol. The van der Waals surface area contributed by atoms with E-state index in [2.05, 4.69) is 10.6 Å². The van der Waals surface area contributed by atoms with Crippen LogP contribution in [0.4, 0.5) is 17.1 Å². The van der Waals surface area contributed by atoms with Gasteiger partial charge in [-0.15, -0.1) is 0 Å². The highest BCUT2D eigenvalue weighted by atomic mass is 32.1. The number of aryl methyl sites for hydroxylation is 1. The number of hydrogen-bond acceptors (Lipinski definition) is 3. The molecule has 0 atom stereocenters. The quantitative estimate of drug-likeness (QED) is 0.406. The van der Waals surface area contributed by atoms with Gasteiger partial charge < -0.3 is 10.6 Å². The average Bonchev–Trinajstić information content (AvgIpc) is 2.56. The number of benzene rings is 3. The third kappa shape index (κ3) is 3.33. The normalized spacial score (nSPS) is 10.4. The van der Waals surface area contributed by atoms with Crippen LogP contribution in [0.5, 0.6) is 0 Å². The Morgan fingerprint density at radius 3 is 2.50 bits per heavy atom. The first-order chi connectivity index (χ1) is 11.5. The molecule has 0 radical (unpaired) electrons. The van der Waals surface area contributed by atoms with Crippen LogP contribution in [0.1, 0.15) is 5.56 Å². The topological polar surface area (TPSA) is 67.2 Å². The Morgan fingerprint density at radius 2 is 1.71 bits per heavy atom. The summed E-state index contributed by atoms with van der Waals surface area (Å²) in [4.78, 5) is 10.8. The van der Waals surface area contributed by atoms with E-state index in [1.165, 1.54) is 6.07 Å². The molecule has 0 amide bonds. The monoisotopic (exact) mass is 337 g/mol.